The molecule has 0 aliphatic carbocycles. The van der Waals surface area contributed by atoms with E-state index < -0.39 is 11.7 Å². The molecule has 1 aliphatic rings. The first-order valence-corrected chi connectivity index (χ1v) is 8.87. The van der Waals surface area contributed by atoms with Gasteiger partial charge in [-0.2, -0.15) is 0 Å². The van der Waals surface area contributed by atoms with Crippen molar-refractivity contribution in [1.29, 1.82) is 0 Å². The van der Waals surface area contributed by atoms with E-state index in [1.54, 1.807) is 26.0 Å². The lowest BCUT2D eigenvalue weighted by Crippen LogP contribution is -2.45. The molecular weight excluding hydrogens is 337 g/mol. The Labute approximate surface area is 153 Å². The van der Waals surface area contributed by atoms with Gasteiger partial charge in [0.25, 0.3) is 0 Å². The summed E-state index contributed by atoms with van der Waals surface area (Å²) in [6.45, 7) is 7.70. The Kier molecular flexibility index (Phi) is 6.34. The summed E-state index contributed by atoms with van der Waals surface area (Å²) in [5.74, 6) is -1.82. The van der Waals surface area contributed by atoms with Gasteiger partial charge in [0.2, 0.25) is 17.7 Å². The third kappa shape index (κ3) is 4.59. The molecule has 7 heteroatoms. The Balaban J connectivity index is 2.08. The van der Waals surface area contributed by atoms with Crippen LogP contribution in [0.3, 0.4) is 0 Å². The monoisotopic (exact) mass is 363 g/mol. The number of anilines is 1. The molecule has 3 amide bonds. The first-order valence-electron chi connectivity index (χ1n) is 8.87. The van der Waals surface area contributed by atoms with E-state index in [1.165, 1.54) is 15.9 Å². The maximum absolute atomic E-state index is 14.2. The van der Waals surface area contributed by atoms with Gasteiger partial charge in [-0.3, -0.25) is 14.4 Å². The topological polar surface area (TPSA) is 69.7 Å². The van der Waals surface area contributed by atoms with Crippen molar-refractivity contribution >= 4 is 23.4 Å². The van der Waals surface area contributed by atoms with Crippen LogP contribution >= 0.6 is 0 Å². The van der Waals surface area contributed by atoms with Crippen LogP contribution in [0.2, 0.25) is 0 Å². The normalized spacial score (nSPS) is 16.9. The summed E-state index contributed by atoms with van der Waals surface area (Å²) in [6.07, 6.45) is 0.0223. The van der Waals surface area contributed by atoms with Crippen LogP contribution in [-0.4, -0.2) is 48.3 Å². The van der Waals surface area contributed by atoms with Gasteiger partial charge in [0.15, 0.2) is 0 Å². The minimum atomic E-state index is -0.574. The molecule has 0 bridgehead atoms. The average molecular weight is 363 g/mol. The Hall–Kier alpha value is -2.44. The highest BCUT2D eigenvalue weighted by molar-refractivity contribution is 6.00. The van der Waals surface area contributed by atoms with E-state index in [1.807, 2.05) is 13.8 Å². The molecule has 1 unspecified atom stereocenters. The second-order valence-corrected chi connectivity index (χ2v) is 6.93. The number of carbonyl (C=O) groups is 3. The number of amides is 3. The van der Waals surface area contributed by atoms with Gasteiger partial charge in [-0.15, -0.1) is 0 Å². The van der Waals surface area contributed by atoms with Crippen LogP contribution in [0.4, 0.5) is 10.1 Å². The Morgan fingerprint density at radius 3 is 2.65 bits per heavy atom. The fourth-order valence-electron chi connectivity index (χ4n) is 3.08. The van der Waals surface area contributed by atoms with Crippen LogP contribution in [0.15, 0.2) is 18.2 Å². The molecule has 1 aromatic carbocycles. The first-order chi connectivity index (χ1) is 12.2. The number of halogens is 1. The molecule has 26 heavy (non-hydrogen) atoms. The number of hydrogen-bond donors (Lipinski definition) is 1. The van der Waals surface area contributed by atoms with E-state index in [4.69, 9.17) is 0 Å². The number of nitrogens with one attached hydrogen (secondary N) is 1. The van der Waals surface area contributed by atoms with Gasteiger partial charge in [-0.25, -0.2) is 4.39 Å². The Bertz CT molecular complexity index is 705. The summed E-state index contributed by atoms with van der Waals surface area (Å²) in [5.41, 5.74) is 0.954. The zero-order valence-electron chi connectivity index (χ0n) is 15.7. The predicted octanol–water partition coefficient (Wildman–Crippen LogP) is 1.86. The molecule has 0 spiro atoms. The van der Waals surface area contributed by atoms with Crippen molar-refractivity contribution in [3.8, 4) is 0 Å². The van der Waals surface area contributed by atoms with Gasteiger partial charge in [-0.1, -0.05) is 6.07 Å². The smallest absolute Gasteiger partial charge is 0.239 e. The summed E-state index contributed by atoms with van der Waals surface area (Å²) in [6, 6.07) is 4.65. The number of nitrogens with zero attached hydrogens (tertiary/aromatic N) is 2. The second kappa shape index (κ2) is 8.29. The maximum atomic E-state index is 14.2. The quantitative estimate of drug-likeness (QED) is 0.839. The van der Waals surface area contributed by atoms with Crippen molar-refractivity contribution < 1.29 is 18.8 Å². The average Bonchev–Trinajstić information content (AvgIpc) is 2.93. The van der Waals surface area contributed by atoms with Gasteiger partial charge < -0.3 is 15.1 Å². The zero-order valence-corrected chi connectivity index (χ0v) is 15.7. The van der Waals surface area contributed by atoms with E-state index in [0.717, 1.165) is 5.56 Å². The largest absolute Gasteiger partial charge is 0.352 e. The molecule has 0 radical (unpaired) electrons. The van der Waals surface area contributed by atoms with E-state index in [9.17, 15) is 18.8 Å². The van der Waals surface area contributed by atoms with Crippen molar-refractivity contribution in [2.45, 2.75) is 40.2 Å². The van der Waals surface area contributed by atoms with Crippen molar-refractivity contribution in [3.63, 3.8) is 0 Å². The fourth-order valence-corrected chi connectivity index (χ4v) is 3.08. The highest BCUT2D eigenvalue weighted by Gasteiger charge is 2.38. The van der Waals surface area contributed by atoms with Crippen LogP contribution in [0.5, 0.6) is 0 Å². The van der Waals surface area contributed by atoms with Crippen LogP contribution < -0.4 is 10.2 Å². The van der Waals surface area contributed by atoms with Crippen molar-refractivity contribution in [2.75, 3.05) is 24.5 Å². The van der Waals surface area contributed by atoms with E-state index >= 15 is 0 Å². The van der Waals surface area contributed by atoms with E-state index in [-0.39, 0.29) is 49.0 Å². The second-order valence-electron chi connectivity index (χ2n) is 6.93. The molecular formula is C19H26FN3O3. The number of rotatable bonds is 6. The zero-order chi connectivity index (χ0) is 19.4. The van der Waals surface area contributed by atoms with Crippen molar-refractivity contribution in [3.05, 3.63) is 29.6 Å². The number of hydrogen-bond acceptors (Lipinski definition) is 3. The Morgan fingerprint density at radius 1 is 1.38 bits per heavy atom. The lowest BCUT2D eigenvalue weighted by molar-refractivity contribution is -0.139. The number of aryl methyl sites for hydroxylation is 1. The first kappa shape index (κ1) is 19.9. The van der Waals surface area contributed by atoms with Crippen LogP contribution in [0.1, 0.15) is 32.8 Å². The van der Waals surface area contributed by atoms with Crippen LogP contribution in [-0.2, 0) is 14.4 Å². The SMILES string of the molecule is CCN(CC(=O)NC(C)C)C(=O)C1CC(=O)N(c2ccc(C)cc2F)C1. The molecule has 1 heterocycles. The van der Waals surface area contributed by atoms with E-state index in [0.29, 0.717) is 6.54 Å². The lowest BCUT2D eigenvalue weighted by atomic mass is 10.1. The number of carbonyl (C=O) groups excluding carboxylic acids is 3. The standard InChI is InChI=1S/C19H26FN3O3/c1-5-22(11-17(24)21-12(2)3)19(26)14-9-18(25)23(10-14)16-7-6-13(4)8-15(16)20/h6-8,12,14H,5,9-11H2,1-4H3,(H,21,24). The van der Waals surface area contributed by atoms with Gasteiger partial charge in [0.1, 0.15) is 5.82 Å². The summed E-state index contributed by atoms with van der Waals surface area (Å²) in [5, 5.41) is 2.75. The molecule has 0 aromatic heterocycles. The van der Waals surface area contributed by atoms with Gasteiger partial charge in [0.05, 0.1) is 18.2 Å². The molecule has 1 aromatic rings. The molecule has 1 N–H and O–H groups in total. The van der Waals surface area contributed by atoms with Gasteiger partial charge >= 0.3 is 0 Å². The summed E-state index contributed by atoms with van der Waals surface area (Å²) in [7, 11) is 0. The summed E-state index contributed by atoms with van der Waals surface area (Å²) >= 11 is 0. The highest BCUT2D eigenvalue weighted by atomic mass is 19.1. The number of benzene rings is 1. The third-order valence-corrected chi connectivity index (χ3v) is 4.35. The van der Waals surface area contributed by atoms with E-state index in [2.05, 4.69) is 5.32 Å². The molecule has 1 fully saturated rings. The fraction of sp³-hybridized carbons (Fsp3) is 0.526. The molecule has 1 saturated heterocycles. The van der Waals surface area contributed by atoms with Crippen LogP contribution in [0.25, 0.3) is 0 Å². The number of likely N-dealkylation sites (N-methyl/N-ethyl adjacent to an activating group) is 1. The predicted molar refractivity (Wildman–Crippen MR) is 97.1 cm³/mol. The van der Waals surface area contributed by atoms with Crippen molar-refractivity contribution in [2.24, 2.45) is 5.92 Å². The molecule has 1 aliphatic heterocycles. The summed E-state index contributed by atoms with van der Waals surface area (Å²) in [4.78, 5) is 39.7. The summed E-state index contributed by atoms with van der Waals surface area (Å²) < 4.78 is 14.2. The lowest BCUT2D eigenvalue weighted by Gasteiger charge is -2.24. The molecule has 2 rings (SSSR count). The maximum Gasteiger partial charge on any atom is 0.239 e. The highest BCUT2D eigenvalue weighted by Crippen LogP contribution is 2.28. The van der Waals surface area contributed by atoms with Crippen LogP contribution in [0, 0.1) is 18.7 Å². The Morgan fingerprint density at radius 2 is 2.08 bits per heavy atom. The van der Waals surface area contributed by atoms with Gasteiger partial charge in [-0.05, 0) is 45.4 Å². The van der Waals surface area contributed by atoms with Crippen molar-refractivity contribution in [1.82, 2.24) is 10.2 Å². The molecule has 142 valence electrons. The minimum absolute atomic E-state index is 0.00984. The molecule has 1 atom stereocenters. The molecule has 6 nitrogen and oxygen atoms in total. The third-order valence-electron chi connectivity index (χ3n) is 4.35. The minimum Gasteiger partial charge on any atom is -0.352 e. The van der Waals surface area contributed by atoms with Gasteiger partial charge in [0, 0.05) is 25.6 Å². The molecule has 0 saturated carbocycles.